The van der Waals surface area contributed by atoms with Gasteiger partial charge in [0.15, 0.2) is 15.0 Å². The fraction of sp³-hybridized carbons (Fsp3) is 0.769. The summed E-state index contributed by atoms with van der Waals surface area (Å²) in [6, 6.07) is -0.299. The van der Waals surface area contributed by atoms with Crippen molar-refractivity contribution < 1.29 is 26.4 Å². The van der Waals surface area contributed by atoms with Gasteiger partial charge in [-0.1, -0.05) is 11.8 Å². The number of halogens is 3. The Morgan fingerprint density at radius 2 is 1.96 bits per heavy atom. The van der Waals surface area contributed by atoms with E-state index in [0.717, 1.165) is 29.2 Å². The molecule has 2 aliphatic rings. The average Bonchev–Trinajstić information content (AvgIpc) is 3.14. The summed E-state index contributed by atoms with van der Waals surface area (Å²) < 4.78 is 62.3. The van der Waals surface area contributed by atoms with Gasteiger partial charge in [-0.2, -0.15) is 13.2 Å². The van der Waals surface area contributed by atoms with Gasteiger partial charge >= 0.3 is 6.18 Å². The highest BCUT2D eigenvalue weighted by Gasteiger charge is 2.42. The minimum atomic E-state index is -4.61. The summed E-state index contributed by atoms with van der Waals surface area (Å²) in [4.78, 5) is 14.2. The quantitative estimate of drug-likeness (QED) is 0.691. The Kier molecular flexibility index (Phi) is 4.77. The van der Waals surface area contributed by atoms with Crippen LogP contribution >= 0.6 is 11.8 Å². The largest absolute Gasteiger partial charge is 0.451 e. The number of carbonyl (C=O) groups excluding carboxylic acids is 1. The van der Waals surface area contributed by atoms with E-state index in [9.17, 15) is 26.4 Å². The van der Waals surface area contributed by atoms with E-state index in [4.69, 9.17) is 0 Å². The molecule has 2 heterocycles. The van der Waals surface area contributed by atoms with Crippen LogP contribution in [-0.2, 0) is 27.9 Å². The van der Waals surface area contributed by atoms with Gasteiger partial charge in [-0.05, 0) is 19.3 Å². The molecule has 0 N–H and O–H groups in total. The second kappa shape index (κ2) is 6.45. The lowest BCUT2D eigenvalue weighted by molar-refractivity contribution is -0.147. The van der Waals surface area contributed by atoms with Crippen molar-refractivity contribution in [1.82, 2.24) is 19.7 Å². The molecule has 1 amide bonds. The topological polar surface area (TPSA) is 85.2 Å². The Bertz CT molecular complexity index is 774. The highest BCUT2D eigenvalue weighted by molar-refractivity contribution is 7.99. The number of sulfone groups is 1. The fourth-order valence-electron chi connectivity index (χ4n) is 2.94. The van der Waals surface area contributed by atoms with Gasteiger partial charge < -0.3 is 9.47 Å². The van der Waals surface area contributed by atoms with Crippen molar-refractivity contribution in [1.29, 1.82) is 0 Å². The van der Waals surface area contributed by atoms with Crippen LogP contribution in [0.1, 0.15) is 25.1 Å². The van der Waals surface area contributed by atoms with Crippen LogP contribution in [0.5, 0.6) is 0 Å². The highest BCUT2D eigenvalue weighted by Crippen LogP contribution is 2.34. The Balaban J connectivity index is 1.66. The molecule has 0 radical (unpaired) electrons. The minimum absolute atomic E-state index is 0.00420. The van der Waals surface area contributed by atoms with Crippen molar-refractivity contribution >= 4 is 27.5 Å². The highest BCUT2D eigenvalue weighted by atomic mass is 32.2. The maximum atomic E-state index is 12.7. The van der Waals surface area contributed by atoms with E-state index >= 15 is 0 Å². The van der Waals surface area contributed by atoms with E-state index in [1.54, 1.807) is 4.90 Å². The molecule has 140 valence electrons. The molecule has 0 unspecified atom stereocenters. The molecule has 1 aromatic heterocycles. The van der Waals surface area contributed by atoms with E-state index in [2.05, 4.69) is 10.2 Å². The zero-order valence-corrected chi connectivity index (χ0v) is 15.0. The van der Waals surface area contributed by atoms with Crippen molar-refractivity contribution in [3.8, 4) is 0 Å². The van der Waals surface area contributed by atoms with E-state index in [0.29, 0.717) is 6.42 Å². The third kappa shape index (κ3) is 4.10. The van der Waals surface area contributed by atoms with Crippen LogP contribution in [0.4, 0.5) is 13.2 Å². The molecule has 3 rings (SSSR count). The van der Waals surface area contributed by atoms with Crippen molar-refractivity contribution in [2.75, 3.05) is 17.3 Å². The first kappa shape index (κ1) is 18.5. The molecule has 1 aromatic rings. The molecule has 2 fully saturated rings. The van der Waals surface area contributed by atoms with E-state index in [-0.39, 0.29) is 40.4 Å². The molecule has 12 heteroatoms. The summed E-state index contributed by atoms with van der Waals surface area (Å²) in [7, 11) is -1.93. The predicted octanol–water partition coefficient (Wildman–Crippen LogP) is 1.10. The molecule has 1 aliphatic heterocycles. The summed E-state index contributed by atoms with van der Waals surface area (Å²) in [5.41, 5.74) is 0. The van der Waals surface area contributed by atoms with Crippen LogP contribution in [0.25, 0.3) is 0 Å². The number of aromatic nitrogens is 3. The second-order valence-electron chi connectivity index (χ2n) is 6.24. The molecule has 1 saturated carbocycles. The van der Waals surface area contributed by atoms with Gasteiger partial charge in [0.1, 0.15) is 0 Å². The number of carbonyl (C=O) groups is 1. The van der Waals surface area contributed by atoms with Crippen LogP contribution in [0.15, 0.2) is 5.16 Å². The Morgan fingerprint density at radius 3 is 2.44 bits per heavy atom. The number of amides is 1. The first-order valence-electron chi connectivity index (χ1n) is 7.69. The summed E-state index contributed by atoms with van der Waals surface area (Å²) in [6.07, 6.45) is -2.54. The number of alkyl halides is 3. The lowest BCUT2D eigenvalue weighted by Gasteiger charge is -2.28. The second-order valence-corrected chi connectivity index (χ2v) is 9.41. The fourth-order valence-corrected chi connectivity index (χ4v) is 5.43. The van der Waals surface area contributed by atoms with Crippen molar-refractivity contribution in [2.24, 2.45) is 7.05 Å². The van der Waals surface area contributed by atoms with Crippen molar-refractivity contribution in [3.63, 3.8) is 0 Å². The van der Waals surface area contributed by atoms with Crippen molar-refractivity contribution in [3.05, 3.63) is 5.82 Å². The van der Waals surface area contributed by atoms with Gasteiger partial charge in [0.2, 0.25) is 11.7 Å². The number of nitrogens with zero attached hydrogens (tertiary/aromatic N) is 4. The normalized spacial score (nSPS) is 23.0. The molecule has 0 spiro atoms. The number of thioether (sulfide) groups is 1. The third-order valence-electron chi connectivity index (χ3n) is 4.24. The lowest BCUT2D eigenvalue weighted by atomic mass is 10.2. The molecule has 0 aromatic carbocycles. The SMILES string of the molecule is Cn1c(SCC(=O)N(C2CC2)[C@@H]2CCS(=O)(=O)C2)nnc1C(F)(F)F. The van der Waals surface area contributed by atoms with E-state index < -0.39 is 21.8 Å². The molecule has 25 heavy (non-hydrogen) atoms. The molecule has 0 bridgehead atoms. The van der Waals surface area contributed by atoms with E-state index in [1.165, 1.54) is 7.05 Å². The molecule has 1 atom stereocenters. The predicted molar refractivity (Wildman–Crippen MR) is 83.7 cm³/mol. The summed E-state index contributed by atoms with van der Waals surface area (Å²) >= 11 is 0.873. The minimum Gasteiger partial charge on any atom is -0.335 e. The average molecular weight is 398 g/mol. The number of hydrogen-bond acceptors (Lipinski definition) is 6. The monoisotopic (exact) mass is 398 g/mol. The van der Waals surface area contributed by atoms with Gasteiger partial charge in [0.25, 0.3) is 0 Å². The lowest BCUT2D eigenvalue weighted by Crippen LogP contribution is -2.43. The van der Waals surface area contributed by atoms with Crippen LogP contribution in [0.2, 0.25) is 0 Å². The van der Waals surface area contributed by atoms with Crippen molar-refractivity contribution in [2.45, 2.75) is 42.7 Å². The third-order valence-corrected chi connectivity index (χ3v) is 7.00. The van der Waals surface area contributed by atoms with E-state index in [1.807, 2.05) is 0 Å². The van der Waals surface area contributed by atoms with Gasteiger partial charge in [-0.3, -0.25) is 4.79 Å². The first-order chi connectivity index (χ1) is 11.6. The Morgan fingerprint density at radius 1 is 1.28 bits per heavy atom. The summed E-state index contributed by atoms with van der Waals surface area (Å²) in [5.74, 6) is -1.46. The molecule has 1 saturated heterocycles. The van der Waals surface area contributed by atoms with Gasteiger partial charge in [-0.25, -0.2) is 8.42 Å². The number of rotatable bonds is 5. The molecular weight excluding hydrogens is 381 g/mol. The zero-order valence-electron chi connectivity index (χ0n) is 13.4. The Hall–Kier alpha value is -1.30. The van der Waals surface area contributed by atoms with Gasteiger partial charge in [0, 0.05) is 19.1 Å². The maximum Gasteiger partial charge on any atom is 0.451 e. The smallest absolute Gasteiger partial charge is 0.335 e. The maximum absolute atomic E-state index is 12.7. The first-order valence-corrected chi connectivity index (χ1v) is 10.5. The molecular formula is C13H17F3N4O3S2. The standard InChI is InChI=1S/C13H17F3N4O3S2/c1-19-11(13(14,15)16)17-18-12(19)24-6-10(21)20(8-2-3-8)9-4-5-25(22,23)7-9/h8-9H,2-7H2,1H3/t9-/m1/s1. The van der Waals surface area contributed by atoms with Crippen LogP contribution in [0.3, 0.4) is 0 Å². The van der Waals surface area contributed by atoms with Gasteiger partial charge in [-0.15, -0.1) is 10.2 Å². The van der Waals surface area contributed by atoms with Gasteiger partial charge in [0.05, 0.1) is 17.3 Å². The molecule has 1 aliphatic carbocycles. The zero-order chi connectivity index (χ0) is 18.4. The van der Waals surface area contributed by atoms with Crippen LogP contribution in [0, 0.1) is 0 Å². The Labute approximate surface area is 146 Å². The summed E-state index contributed by atoms with van der Waals surface area (Å²) in [6.45, 7) is 0. The molecule has 7 nitrogen and oxygen atoms in total. The van der Waals surface area contributed by atoms with Crippen LogP contribution in [-0.4, -0.2) is 63.3 Å². The summed E-state index contributed by atoms with van der Waals surface area (Å²) in [5, 5.41) is 6.60. The number of hydrogen-bond donors (Lipinski definition) is 0. The van der Waals surface area contributed by atoms with Crippen LogP contribution < -0.4 is 0 Å².